The van der Waals surface area contributed by atoms with Gasteiger partial charge in [-0.1, -0.05) is 30.3 Å². The molecule has 6 nitrogen and oxygen atoms in total. The third-order valence-electron chi connectivity index (χ3n) is 3.70. The van der Waals surface area contributed by atoms with Gasteiger partial charge in [0.15, 0.2) is 0 Å². The number of amides is 1. The van der Waals surface area contributed by atoms with Crippen molar-refractivity contribution >= 4 is 27.3 Å². The number of carbonyl (C=O) groups is 1. The van der Waals surface area contributed by atoms with Gasteiger partial charge < -0.3 is 9.88 Å². The second-order valence-corrected chi connectivity index (χ2v) is 7.66. The molecular formula is C19H19N3O3S. The molecule has 1 aromatic heterocycles. The van der Waals surface area contributed by atoms with Crippen molar-refractivity contribution in [2.75, 3.05) is 16.3 Å². The molecule has 26 heavy (non-hydrogen) atoms. The van der Waals surface area contributed by atoms with Crippen molar-refractivity contribution in [3.63, 3.8) is 0 Å². The van der Waals surface area contributed by atoms with Gasteiger partial charge in [0.25, 0.3) is 5.91 Å². The van der Waals surface area contributed by atoms with Gasteiger partial charge in [-0.25, -0.2) is 8.42 Å². The minimum absolute atomic E-state index is 0.227. The Balaban J connectivity index is 1.70. The molecule has 0 aliphatic carbocycles. The quantitative estimate of drug-likeness (QED) is 0.700. The summed E-state index contributed by atoms with van der Waals surface area (Å²) in [5, 5.41) is 2.82. The minimum atomic E-state index is -3.32. The molecule has 1 amide bonds. The largest absolute Gasteiger partial charge is 0.339 e. The van der Waals surface area contributed by atoms with Gasteiger partial charge in [-0.2, -0.15) is 0 Å². The molecule has 7 heteroatoms. The highest BCUT2D eigenvalue weighted by Gasteiger charge is 2.11. The number of hydrogen-bond acceptors (Lipinski definition) is 3. The third-order valence-corrected chi connectivity index (χ3v) is 4.31. The van der Waals surface area contributed by atoms with Crippen LogP contribution in [0.2, 0.25) is 0 Å². The standard InChI is InChI=1S/C19H19N3O3S/c1-26(24,25)21-17-11-9-16(10-12-17)20-19(23)18-8-5-13-22(18)14-15-6-3-2-4-7-15/h2-13,21H,14H2,1H3,(H,20,23). The summed E-state index contributed by atoms with van der Waals surface area (Å²) in [6.45, 7) is 0.605. The lowest BCUT2D eigenvalue weighted by Crippen LogP contribution is -2.17. The molecule has 0 unspecified atom stereocenters. The predicted octanol–water partition coefficient (Wildman–Crippen LogP) is 3.16. The average Bonchev–Trinajstić information content (AvgIpc) is 3.04. The van der Waals surface area contributed by atoms with Crippen molar-refractivity contribution < 1.29 is 13.2 Å². The van der Waals surface area contributed by atoms with Gasteiger partial charge in [0, 0.05) is 24.1 Å². The van der Waals surface area contributed by atoms with Gasteiger partial charge in [-0.05, 0) is 42.0 Å². The number of benzene rings is 2. The molecule has 0 spiro atoms. The lowest BCUT2D eigenvalue weighted by molar-refractivity contribution is 0.101. The molecule has 0 aliphatic rings. The number of nitrogens with one attached hydrogen (secondary N) is 2. The van der Waals surface area contributed by atoms with E-state index in [1.807, 2.05) is 47.2 Å². The molecule has 2 aromatic carbocycles. The van der Waals surface area contributed by atoms with Crippen LogP contribution in [-0.2, 0) is 16.6 Å². The van der Waals surface area contributed by atoms with Gasteiger partial charge in [-0.3, -0.25) is 9.52 Å². The highest BCUT2D eigenvalue weighted by Crippen LogP contribution is 2.16. The number of nitrogens with zero attached hydrogens (tertiary/aromatic N) is 1. The first-order chi connectivity index (χ1) is 12.4. The van der Waals surface area contributed by atoms with Crippen molar-refractivity contribution in [2.24, 2.45) is 0 Å². The topological polar surface area (TPSA) is 80.2 Å². The Hall–Kier alpha value is -3.06. The SMILES string of the molecule is CS(=O)(=O)Nc1ccc(NC(=O)c2cccn2Cc2ccccc2)cc1. The molecule has 3 aromatic rings. The average molecular weight is 369 g/mol. The summed E-state index contributed by atoms with van der Waals surface area (Å²) in [6.07, 6.45) is 2.95. The lowest BCUT2D eigenvalue weighted by Gasteiger charge is -2.11. The van der Waals surface area contributed by atoms with Crippen molar-refractivity contribution in [2.45, 2.75) is 6.54 Å². The number of carbonyl (C=O) groups excluding carboxylic acids is 1. The Morgan fingerprint density at radius 1 is 0.923 bits per heavy atom. The number of rotatable bonds is 6. The summed E-state index contributed by atoms with van der Waals surface area (Å²) in [4.78, 5) is 12.6. The van der Waals surface area contributed by atoms with E-state index < -0.39 is 10.0 Å². The van der Waals surface area contributed by atoms with Crippen LogP contribution in [0.25, 0.3) is 0 Å². The third kappa shape index (κ3) is 4.73. The van der Waals surface area contributed by atoms with Crippen LogP contribution < -0.4 is 10.0 Å². The van der Waals surface area contributed by atoms with Gasteiger partial charge in [0.05, 0.1) is 6.26 Å². The monoisotopic (exact) mass is 369 g/mol. The zero-order chi connectivity index (χ0) is 18.6. The van der Waals surface area contributed by atoms with Gasteiger partial charge in [0.1, 0.15) is 5.69 Å². The normalized spacial score (nSPS) is 11.1. The number of aromatic nitrogens is 1. The van der Waals surface area contributed by atoms with E-state index >= 15 is 0 Å². The molecule has 1 heterocycles. The molecular weight excluding hydrogens is 350 g/mol. The van der Waals surface area contributed by atoms with E-state index in [0.717, 1.165) is 11.8 Å². The van der Waals surface area contributed by atoms with E-state index in [0.29, 0.717) is 23.6 Å². The molecule has 0 aliphatic heterocycles. The first kappa shape index (κ1) is 17.8. The van der Waals surface area contributed by atoms with Crippen molar-refractivity contribution in [1.82, 2.24) is 4.57 Å². The molecule has 134 valence electrons. The molecule has 0 saturated carbocycles. The second kappa shape index (κ2) is 7.45. The van der Waals surface area contributed by atoms with Crippen LogP contribution in [0.3, 0.4) is 0 Å². The van der Waals surface area contributed by atoms with Crippen molar-refractivity contribution in [3.8, 4) is 0 Å². The number of hydrogen-bond donors (Lipinski definition) is 2. The molecule has 3 rings (SSSR count). The van der Waals surface area contributed by atoms with Crippen LogP contribution >= 0.6 is 0 Å². The molecule has 0 saturated heterocycles. The van der Waals surface area contributed by atoms with E-state index in [4.69, 9.17) is 0 Å². The fraction of sp³-hybridized carbons (Fsp3) is 0.105. The number of sulfonamides is 1. The Morgan fingerprint density at radius 2 is 1.58 bits per heavy atom. The number of anilines is 2. The Morgan fingerprint density at radius 3 is 2.23 bits per heavy atom. The maximum absolute atomic E-state index is 12.6. The molecule has 0 bridgehead atoms. The van der Waals surface area contributed by atoms with E-state index in [2.05, 4.69) is 10.0 Å². The van der Waals surface area contributed by atoms with E-state index in [-0.39, 0.29) is 5.91 Å². The smallest absolute Gasteiger partial charge is 0.272 e. The van der Waals surface area contributed by atoms with E-state index in [1.54, 1.807) is 30.3 Å². The van der Waals surface area contributed by atoms with E-state index in [1.165, 1.54) is 0 Å². The zero-order valence-corrected chi connectivity index (χ0v) is 15.0. The molecule has 2 N–H and O–H groups in total. The first-order valence-electron chi connectivity index (χ1n) is 7.99. The Kier molecular flexibility index (Phi) is 5.09. The summed E-state index contributed by atoms with van der Waals surface area (Å²) < 4.78 is 26.7. The van der Waals surface area contributed by atoms with Gasteiger partial charge in [0.2, 0.25) is 10.0 Å². The maximum Gasteiger partial charge on any atom is 0.272 e. The van der Waals surface area contributed by atoms with Crippen LogP contribution in [0.1, 0.15) is 16.1 Å². The van der Waals surface area contributed by atoms with E-state index in [9.17, 15) is 13.2 Å². The van der Waals surface area contributed by atoms with Crippen LogP contribution in [0.15, 0.2) is 72.9 Å². The summed E-state index contributed by atoms with van der Waals surface area (Å²) in [5.74, 6) is -0.227. The molecule has 0 fully saturated rings. The lowest BCUT2D eigenvalue weighted by atomic mass is 10.2. The second-order valence-electron chi connectivity index (χ2n) is 5.91. The van der Waals surface area contributed by atoms with Gasteiger partial charge >= 0.3 is 0 Å². The Labute approximate surface area is 152 Å². The first-order valence-corrected chi connectivity index (χ1v) is 9.88. The highest BCUT2D eigenvalue weighted by molar-refractivity contribution is 7.92. The van der Waals surface area contributed by atoms with Crippen molar-refractivity contribution in [1.29, 1.82) is 0 Å². The summed E-state index contributed by atoms with van der Waals surface area (Å²) in [7, 11) is -3.32. The van der Waals surface area contributed by atoms with Gasteiger partial charge in [-0.15, -0.1) is 0 Å². The fourth-order valence-corrected chi connectivity index (χ4v) is 3.13. The van der Waals surface area contributed by atoms with Crippen LogP contribution in [0, 0.1) is 0 Å². The fourth-order valence-electron chi connectivity index (χ4n) is 2.57. The van der Waals surface area contributed by atoms with Crippen LogP contribution in [0.4, 0.5) is 11.4 Å². The van der Waals surface area contributed by atoms with Crippen LogP contribution in [0.5, 0.6) is 0 Å². The summed E-state index contributed by atoms with van der Waals surface area (Å²) in [6, 6.07) is 20.0. The van der Waals surface area contributed by atoms with Crippen LogP contribution in [-0.4, -0.2) is 25.1 Å². The summed E-state index contributed by atoms with van der Waals surface area (Å²) >= 11 is 0. The van der Waals surface area contributed by atoms with Crippen molar-refractivity contribution in [3.05, 3.63) is 84.2 Å². The molecule has 0 radical (unpaired) electrons. The maximum atomic E-state index is 12.6. The Bertz CT molecular complexity index is 994. The highest BCUT2D eigenvalue weighted by atomic mass is 32.2. The predicted molar refractivity (Wildman–Crippen MR) is 103 cm³/mol. The summed E-state index contributed by atoms with van der Waals surface area (Å²) in [5.41, 5.74) is 2.68. The zero-order valence-electron chi connectivity index (χ0n) is 14.2. The molecule has 0 atom stereocenters. The minimum Gasteiger partial charge on any atom is -0.339 e.